The molecule has 0 aliphatic heterocycles. The van der Waals surface area contributed by atoms with Crippen LogP contribution in [0, 0.1) is 0 Å². The smallest absolute Gasteiger partial charge is 0.265 e. The van der Waals surface area contributed by atoms with E-state index in [0.717, 1.165) is 0 Å². The summed E-state index contributed by atoms with van der Waals surface area (Å²) in [7, 11) is 3.07. The Morgan fingerprint density at radius 2 is 1.79 bits per heavy atom. The van der Waals surface area contributed by atoms with Gasteiger partial charge in [0, 0.05) is 11.1 Å². The first-order valence-electron chi connectivity index (χ1n) is 7.09. The second kappa shape index (κ2) is 8.13. The summed E-state index contributed by atoms with van der Waals surface area (Å²) < 4.78 is 16.0. The molecule has 7 heteroatoms. The highest BCUT2D eigenvalue weighted by atomic mass is 35.5. The van der Waals surface area contributed by atoms with Crippen molar-refractivity contribution in [2.75, 3.05) is 19.5 Å². The lowest BCUT2D eigenvalue weighted by atomic mass is 10.2. The number of nitrogens with one attached hydrogen (secondary N) is 1. The van der Waals surface area contributed by atoms with Crippen LogP contribution >= 0.6 is 23.2 Å². The zero-order chi connectivity index (χ0) is 17.7. The van der Waals surface area contributed by atoms with Crippen LogP contribution in [0.1, 0.15) is 6.92 Å². The number of halogens is 2. The molecule has 128 valence electrons. The summed E-state index contributed by atoms with van der Waals surface area (Å²) in [5.74, 6) is 1.15. The lowest BCUT2D eigenvalue weighted by molar-refractivity contribution is -0.122. The molecule has 0 saturated carbocycles. The average Bonchev–Trinajstić information content (AvgIpc) is 2.57. The van der Waals surface area contributed by atoms with Crippen molar-refractivity contribution >= 4 is 34.8 Å². The van der Waals surface area contributed by atoms with Gasteiger partial charge in [0.2, 0.25) is 0 Å². The minimum Gasteiger partial charge on any atom is -0.497 e. The summed E-state index contributed by atoms with van der Waals surface area (Å²) >= 11 is 11.9. The maximum Gasteiger partial charge on any atom is 0.265 e. The number of rotatable bonds is 6. The van der Waals surface area contributed by atoms with E-state index in [4.69, 9.17) is 37.4 Å². The van der Waals surface area contributed by atoms with Gasteiger partial charge in [-0.2, -0.15) is 0 Å². The van der Waals surface area contributed by atoms with Gasteiger partial charge in [0.15, 0.2) is 6.10 Å². The SMILES string of the molecule is COc1ccc(NC(=O)[C@@H](C)Oc2ccc(Cl)cc2Cl)c(OC)c1. The van der Waals surface area contributed by atoms with Crippen molar-refractivity contribution in [2.24, 2.45) is 0 Å². The highest BCUT2D eigenvalue weighted by molar-refractivity contribution is 6.35. The number of hydrogen-bond acceptors (Lipinski definition) is 4. The second-order valence-electron chi connectivity index (χ2n) is 4.89. The summed E-state index contributed by atoms with van der Waals surface area (Å²) in [6, 6.07) is 9.90. The number of carbonyl (C=O) groups is 1. The van der Waals surface area contributed by atoms with Crippen molar-refractivity contribution in [2.45, 2.75) is 13.0 Å². The van der Waals surface area contributed by atoms with Gasteiger partial charge in [-0.15, -0.1) is 0 Å². The number of carbonyl (C=O) groups excluding carboxylic acids is 1. The molecule has 1 amide bonds. The molecule has 0 aromatic heterocycles. The summed E-state index contributed by atoms with van der Waals surface area (Å²) in [6.45, 7) is 1.62. The lowest BCUT2D eigenvalue weighted by Crippen LogP contribution is -2.30. The molecular formula is C17H17Cl2NO4. The minimum atomic E-state index is -0.768. The lowest BCUT2D eigenvalue weighted by Gasteiger charge is -2.17. The molecule has 5 nitrogen and oxygen atoms in total. The van der Waals surface area contributed by atoms with E-state index in [-0.39, 0.29) is 5.91 Å². The van der Waals surface area contributed by atoms with E-state index in [2.05, 4.69) is 5.32 Å². The van der Waals surface area contributed by atoms with Gasteiger partial charge in [-0.05, 0) is 37.3 Å². The first-order chi connectivity index (χ1) is 11.4. The average molecular weight is 370 g/mol. The van der Waals surface area contributed by atoms with E-state index in [1.54, 1.807) is 50.4 Å². The molecule has 2 rings (SSSR count). The molecule has 0 spiro atoms. The minimum absolute atomic E-state index is 0.337. The second-order valence-corrected chi connectivity index (χ2v) is 5.73. The van der Waals surface area contributed by atoms with Gasteiger partial charge in [-0.3, -0.25) is 4.79 Å². The van der Waals surface area contributed by atoms with Crippen LogP contribution in [0.25, 0.3) is 0 Å². The maximum atomic E-state index is 12.3. The van der Waals surface area contributed by atoms with Crippen LogP contribution in [-0.2, 0) is 4.79 Å². The third-order valence-corrected chi connectivity index (χ3v) is 3.76. The van der Waals surface area contributed by atoms with Gasteiger partial charge >= 0.3 is 0 Å². The standard InChI is InChI=1S/C17H17Cl2NO4/c1-10(24-15-7-4-11(18)8-13(15)19)17(21)20-14-6-5-12(22-2)9-16(14)23-3/h4-10H,1-3H3,(H,20,21)/t10-/m1/s1. The normalized spacial score (nSPS) is 11.5. The van der Waals surface area contributed by atoms with Gasteiger partial charge in [-0.25, -0.2) is 0 Å². The molecule has 1 atom stereocenters. The van der Waals surface area contributed by atoms with Crippen molar-refractivity contribution < 1.29 is 19.0 Å². The number of methoxy groups -OCH3 is 2. The zero-order valence-corrected chi connectivity index (χ0v) is 14.9. The van der Waals surface area contributed by atoms with Gasteiger partial charge in [0.1, 0.15) is 17.2 Å². The highest BCUT2D eigenvalue weighted by Gasteiger charge is 2.18. The molecule has 2 aromatic rings. The summed E-state index contributed by atoms with van der Waals surface area (Å²) in [5.41, 5.74) is 0.515. The molecule has 0 aliphatic carbocycles. The Kier molecular flexibility index (Phi) is 6.17. The Hall–Kier alpha value is -2.11. The topological polar surface area (TPSA) is 56.8 Å². The Morgan fingerprint density at radius 1 is 1.04 bits per heavy atom. The van der Waals surface area contributed by atoms with Crippen molar-refractivity contribution in [3.63, 3.8) is 0 Å². The molecule has 0 unspecified atom stereocenters. The largest absolute Gasteiger partial charge is 0.497 e. The fourth-order valence-electron chi connectivity index (χ4n) is 1.95. The van der Waals surface area contributed by atoms with Crippen LogP contribution < -0.4 is 19.5 Å². The van der Waals surface area contributed by atoms with E-state index >= 15 is 0 Å². The van der Waals surface area contributed by atoms with Gasteiger partial charge in [0.05, 0.1) is 24.9 Å². The fourth-order valence-corrected chi connectivity index (χ4v) is 2.40. The van der Waals surface area contributed by atoms with Gasteiger partial charge < -0.3 is 19.5 Å². The molecule has 0 fully saturated rings. The predicted molar refractivity (Wildman–Crippen MR) is 94.7 cm³/mol. The van der Waals surface area contributed by atoms with Crippen molar-refractivity contribution in [1.29, 1.82) is 0 Å². The molecule has 0 radical (unpaired) electrons. The highest BCUT2D eigenvalue weighted by Crippen LogP contribution is 2.30. The predicted octanol–water partition coefficient (Wildman–Crippen LogP) is 4.42. The molecule has 0 aliphatic rings. The van der Waals surface area contributed by atoms with E-state index in [1.807, 2.05) is 0 Å². The van der Waals surface area contributed by atoms with Crippen LogP contribution in [0.5, 0.6) is 17.2 Å². The number of amides is 1. The van der Waals surface area contributed by atoms with E-state index in [1.165, 1.54) is 7.11 Å². The van der Waals surface area contributed by atoms with Crippen LogP contribution in [0.3, 0.4) is 0 Å². The molecule has 1 N–H and O–H groups in total. The Labute approximate surface area is 150 Å². The van der Waals surface area contributed by atoms with Crippen LogP contribution in [-0.4, -0.2) is 26.2 Å². The zero-order valence-electron chi connectivity index (χ0n) is 13.4. The van der Waals surface area contributed by atoms with Crippen molar-refractivity contribution in [1.82, 2.24) is 0 Å². The summed E-state index contributed by atoms with van der Waals surface area (Å²) in [5, 5.41) is 3.58. The van der Waals surface area contributed by atoms with Gasteiger partial charge in [0.25, 0.3) is 5.91 Å². The number of ether oxygens (including phenoxy) is 3. The number of benzene rings is 2. The quantitative estimate of drug-likeness (QED) is 0.818. The third-order valence-electron chi connectivity index (χ3n) is 3.23. The summed E-state index contributed by atoms with van der Waals surface area (Å²) in [6.07, 6.45) is -0.768. The maximum absolute atomic E-state index is 12.3. The van der Waals surface area contributed by atoms with E-state index < -0.39 is 6.10 Å². The first-order valence-corrected chi connectivity index (χ1v) is 7.84. The van der Waals surface area contributed by atoms with Crippen LogP contribution in [0.4, 0.5) is 5.69 Å². The van der Waals surface area contributed by atoms with Gasteiger partial charge in [-0.1, -0.05) is 23.2 Å². The molecule has 2 aromatic carbocycles. The molecular weight excluding hydrogens is 353 g/mol. The van der Waals surface area contributed by atoms with E-state index in [9.17, 15) is 4.79 Å². The Morgan fingerprint density at radius 3 is 2.42 bits per heavy atom. The van der Waals surface area contributed by atoms with Crippen molar-refractivity contribution in [3.8, 4) is 17.2 Å². The van der Waals surface area contributed by atoms with Crippen LogP contribution in [0.15, 0.2) is 36.4 Å². The third kappa shape index (κ3) is 4.46. The Balaban J connectivity index is 2.08. The molecule has 0 bridgehead atoms. The fraction of sp³-hybridized carbons (Fsp3) is 0.235. The number of hydrogen-bond donors (Lipinski definition) is 1. The molecule has 0 saturated heterocycles. The number of anilines is 1. The Bertz CT molecular complexity index is 737. The van der Waals surface area contributed by atoms with E-state index in [0.29, 0.717) is 33.0 Å². The molecule has 0 heterocycles. The summed E-state index contributed by atoms with van der Waals surface area (Å²) in [4.78, 5) is 12.3. The monoisotopic (exact) mass is 369 g/mol. The molecule has 24 heavy (non-hydrogen) atoms. The first kappa shape index (κ1) is 18.2. The van der Waals surface area contributed by atoms with Crippen molar-refractivity contribution in [3.05, 3.63) is 46.4 Å². The van der Waals surface area contributed by atoms with Crippen LogP contribution in [0.2, 0.25) is 10.0 Å².